The third kappa shape index (κ3) is 2.23. The van der Waals surface area contributed by atoms with E-state index in [1.807, 2.05) is 0 Å². The number of rotatable bonds is 2. The van der Waals surface area contributed by atoms with Crippen molar-refractivity contribution in [2.24, 2.45) is 0 Å². The third-order valence-electron chi connectivity index (χ3n) is 2.62. The van der Waals surface area contributed by atoms with Gasteiger partial charge in [-0.3, -0.25) is 4.98 Å². The molecule has 1 aromatic carbocycles. The zero-order valence-electron chi connectivity index (χ0n) is 9.99. The Morgan fingerprint density at radius 1 is 1.05 bits per heavy atom. The van der Waals surface area contributed by atoms with Crippen LogP contribution in [0.1, 0.15) is 0 Å². The zero-order chi connectivity index (χ0) is 14.1. The van der Waals surface area contributed by atoms with E-state index in [1.165, 1.54) is 18.2 Å². The number of hydrogen-bond donors (Lipinski definition) is 2. The molecule has 0 aliphatic carbocycles. The smallest absolute Gasteiger partial charge is 0.265 e. The molecule has 2 aromatic heterocycles. The Balaban J connectivity index is 2.04. The molecular weight excluding hydrogens is 326 g/mol. The number of phenols is 2. The molecule has 2 heterocycles. The first-order chi connectivity index (χ1) is 9.65. The number of nitrogens with zero attached hydrogens (tertiary/aromatic N) is 3. The van der Waals surface area contributed by atoms with Crippen molar-refractivity contribution in [3.8, 4) is 34.5 Å². The van der Waals surface area contributed by atoms with Crippen LogP contribution in [0.5, 0.6) is 11.5 Å². The van der Waals surface area contributed by atoms with Crippen LogP contribution in [0, 0.1) is 0 Å². The summed E-state index contributed by atoms with van der Waals surface area (Å²) in [6.45, 7) is 0. The first-order valence-electron chi connectivity index (χ1n) is 5.62. The summed E-state index contributed by atoms with van der Waals surface area (Å²) in [6.07, 6.45) is 1.61. The summed E-state index contributed by atoms with van der Waals surface area (Å²) in [5.41, 5.74) is 0.626. The standard InChI is InChI=1S/C13H8BrN3O3/c14-7-4-5-8(15-6-7)12-16-13(20-17-12)11-9(18)2-1-3-10(11)19/h1-6,18-19H. The van der Waals surface area contributed by atoms with E-state index in [2.05, 4.69) is 31.1 Å². The Kier molecular flexibility index (Phi) is 3.11. The predicted molar refractivity (Wildman–Crippen MR) is 74.0 cm³/mol. The molecule has 0 fully saturated rings. The molecule has 0 saturated carbocycles. The molecule has 0 unspecified atom stereocenters. The van der Waals surface area contributed by atoms with E-state index in [1.54, 1.807) is 18.3 Å². The van der Waals surface area contributed by atoms with Crippen molar-refractivity contribution >= 4 is 15.9 Å². The van der Waals surface area contributed by atoms with Crippen molar-refractivity contribution in [1.82, 2.24) is 15.1 Å². The molecule has 100 valence electrons. The number of phenolic OH excluding ortho intramolecular Hbond substituents is 2. The Labute approximate surface area is 121 Å². The van der Waals surface area contributed by atoms with E-state index in [0.29, 0.717) is 5.69 Å². The van der Waals surface area contributed by atoms with Crippen LogP contribution in [0.15, 0.2) is 45.5 Å². The van der Waals surface area contributed by atoms with Gasteiger partial charge in [0.1, 0.15) is 22.8 Å². The maximum absolute atomic E-state index is 9.75. The van der Waals surface area contributed by atoms with E-state index in [4.69, 9.17) is 4.52 Å². The highest BCUT2D eigenvalue weighted by atomic mass is 79.9. The van der Waals surface area contributed by atoms with Crippen molar-refractivity contribution < 1.29 is 14.7 Å². The molecule has 6 nitrogen and oxygen atoms in total. The number of benzene rings is 1. The second-order valence-corrected chi connectivity index (χ2v) is 4.87. The largest absolute Gasteiger partial charge is 0.507 e. The topological polar surface area (TPSA) is 92.3 Å². The van der Waals surface area contributed by atoms with Crippen LogP contribution in [-0.4, -0.2) is 25.3 Å². The van der Waals surface area contributed by atoms with Gasteiger partial charge >= 0.3 is 0 Å². The Morgan fingerprint density at radius 2 is 1.80 bits per heavy atom. The highest BCUT2D eigenvalue weighted by Gasteiger charge is 2.18. The number of aromatic hydroxyl groups is 2. The second kappa shape index (κ2) is 4.93. The van der Waals surface area contributed by atoms with Crippen molar-refractivity contribution in [2.75, 3.05) is 0 Å². The average Bonchev–Trinajstić information content (AvgIpc) is 2.89. The summed E-state index contributed by atoms with van der Waals surface area (Å²) in [5.74, 6) is 0.0309. The lowest BCUT2D eigenvalue weighted by atomic mass is 10.2. The highest BCUT2D eigenvalue weighted by Crippen LogP contribution is 2.36. The number of pyridine rings is 1. The van der Waals surface area contributed by atoms with Gasteiger partial charge in [-0.05, 0) is 40.2 Å². The predicted octanol–water partition coefficient (Wildman–Crippen LogP) is 2.97. The highest BCUT2D eigenvalue weighted by molar-refractivity contribution is 9.10. The van der Waals surface area contributed by atoms with Crippen LogP contribution in [-0.2, 0) is 0 Å². The SMILES string of the molecule is Oc1cccc(O)c1-c1nc(-c2ccc(Br)cn2)no1. The summed E-state index contributed by atoms with van der Waals surface area (Å²) in [5, 5.41) is 23.3. The molecule has 0 saturated heterocycles. The molecule has 0 bridgehead atoms. The minimum absolute atomic E-state index is 0.0281. The normalized spacial score (nSPS) is 10.7. The molecule has 0 atom stereocenters. The Hall–Kier alpha value is -2.41. The van der Waals surface area contributed by atoms with Crippen LogP contribution < -0.4 is 0 Å². The van der Waals surface area contributed by atoms with Gasteiger partial charge in [0.25, 0.3) is 5.89 Å². The van der Waals surface area contributed by atoms with Gasteiger partial charge in [-0.1, -0.05) is 11.2 Å². The monoisotopic (exact) mass is 333 g/mol. The van der Waals surface area contributed by atoms with Crippen LogP contribution >= 0.6 is 15.9 Å². The van der Waals surface area contributed by atoms with E-state index in [9.17, 15) is 10.2 Å². The van der Waals surface area contributed by atoms with E-state index >= 15 is 0 Å². The van der Waals surface area contributed by atoms with Gasteiger partial charge in [0.05, 0.1) is 0 Å². The maximum atomic E-state index is 9.75. The first kappa shape index (κ1) is 12.6. The fraction of sp³-hybridized carbons (Fsp3) is 0. The fourth-order valence-corrected chi connectivity index (χ4v) is 1.92. The van der Waals surface area contributed by atoms with Gasteiger partial charge in [0, 0.05) is 10.7 Å². The molecule has 3 aromatic rings. The van der Waals surface area contributed by atoms with Crippen molar-refractivity contribution in [3.05, 3.63) is 41.0 Å². The lowest BCUT2D eigenvalue weighted by Gasteiger charge is -2.00. The molecule has 2 N–H and O–H groups in total. The lowest BCUT2D eigenvalue weighted by Crippen LogP contribution is -1.85. The molecule has 0 radical (unpaired) electrons. The summed E-state index contributed by atoms with van der Waals surface area (Å²) >= 11 is 3.29. The van der Waals surface area contributed by atoms with Crippen molar-refractivity contribution in [2.45, 2.75) is 0 Å². The summed E-state index contributed by atoms with van der Waals surface area (Å²) in [7, 11) is 0. The molecule has 3 rings (SSSR count). The second-order valence-electron chi connectivity index (χ2n) is 3.96. The van der Waals surface area contributed by atoms with Gasteiger partial charge in [-0.2, -0.15) is 4.98 Å². The Bertz CT molecular complexity index is 736. The van der Waals surface area contributed by atoms with E-state index < -0.39 is 0 Å². The quantitative estimate of drug-likeness (QED) is 0.748. The van der Waals surface area contributed by atoms with Crippen LogP contribution in [0.4, 0.5) is 0 Å². The van der Waals surface area contributed by atoms with Gasteiger partial charge in [0.15, 0.2) is 0 Å². The molecule has 7 heteroatoms. The summed E-state index contributed by atoms with van der Waals surface area (Å²) < 4.78 is 5.90. The lowest BCUT2D eigenvalue weighted by molar-refractivity contribution is 0.416. The van der Waals surface area contributed by atoms with Crippen LogP contribution in [0.3, 0.4) is 0 Å². The maximum Gasteiger partial charge on any atom is 0.265 e. The average molecular weight is 334 g/mol. The third-order valence-corrected chi connectivity index (χ3v) is 3.09. The number of hydrogen-bond acceptors (Lipinski definition) is 6. The van der Waals surface area contributed by atoms with E-state index in [0.717, 1.165) is 4.47 Å². The zero-order valence-corrected chi connectivity index (χ0v) is 11.6. The first-order valence-corrected chi connectivity index (χ1v) is 6.41. The van der Waals surface area contributed by atoms with Gasteiger partial charge < -0.3 is 14.7 Å². The number of aromatic nitrogens is 3. The van der Waals surface area contributed by atoms with Crippen LogP contribution in [0.25, 0.3) is 23.0 Å². The van der Waals surface area contributed by atoms with Crippen molar-refractivity contribution in [1.29, 1.82) is 0 Å². The molecule has 0 spiro atoms. The molecular formula is C13H8BrN3O3. The molecule has 0 aliphatic heterocycles. The summed E-state index contributed by atoms with van der Waals surface area (Å²) in [6, 6.07) is 7.90. The van der Waals surface area contributed by atoms with Crippen LogP contribution in [0.2, 0.25) is 0 Å². The Morgan fingerprint density at radius 3 is 2.45 bits per heavy atom. The fourth-order valence-electron chi connectivity index (χ4n) is 1.68. The molecule has 0 aliphatic rings. The van der Waals surface area contributed by atoms with Crippen molar-refractivity contribution in [3.63, 3.8) is 0 Å². The van der Waals surface area contributed by atoms with Gasteiger partial charge in [-0.25, -0.2) is 0 Å². The minimum Gasteiger partial charge on any atom is -0.507 e. The van der Waals surface area contributed by atoms with Gasteiger partial charge in [0.2, 0.25) is 5.82 Å². The summed E-state index contributed by atoms with van der Waals surface area (Å²) in [4.78, 5) is 8.27. The van der Waals surface area contributed by atoms with E-state index in [-0.39, 0.29) is 28.8 Å². The minimum atomic E-state index is -0.135. The van der Waals surface area contributed by atoms with Gasteiger partial charge in [-0.15, -0.1) is 0 Å². The molecule has 0 amide bonds. The molecule has 20 heavy (non-hydrogen) atoms. The number of halogens is 1.